The quantitative estimate of drug-likeness (QED) is 0.393. The van der Waals surface area contributed by atoms with Crippen LogP contribution in [0.15, 0.2) is 42.5 Å². The van der Waals surface area contributed by atoms with Crippen molar-refractivity contribution >= 4 is 17.2 Å². The molecule has 3 aromatic rings. The zero-order valence-corrected chi connectivity index (χ0v) is 16.1. The summed E-state index contributed by atoms with van der Waals surface area (Å²) < 4.78 is 4.56. The van der Waals surface area contributed by atoms with E-state index >= 15 is 0 Å². The monoisotopic (exact) mass is 366 g/mol. The average molecular weight is 366 g/mol. The van der Waals surface area contributed by atoms with Crippen LogP contribution in [0.2, 0.25) is 0 Å². The van der Waals surface area contributed by atoms with Crippen molar-refractivity contribution in [3.05, 3.63) is 69.3 Å². The molecule has 0 unspecified atom stereocenters. The number of nitrogens with zero attached hydrogens (tertiary/aromatic N) is 2. The largest absolute Gasteiger partial charge is 0.269 e. The van der Waals surface area contributed by atoms with Gasteiger partial charge in [-0.25, -0.2) is 0 Å². The molecular weight excluding hydrogens is 344 g/mol. The Morgan fingerprint density at radius 3 is 2.04 bits per heavy atom. The summed E-state index contributed by atoms with van der Waals surface area (Å²) in [5.41, 5.74) is 7.35. The topological polar surface area (TPSA) is 56.0 Å². The van der Waals surface area contributed by atoms with Crippen LogP contribution in [0.25, 0.3) is 21.7 Å². The predicted molar refractivity (Wildman–Crippen MR) is 108 cm³/mol. The summed E-state index contributed by atoms with van der Waals surface area (Å²) in [6.45, 7) is 6.62. The number of hydrogen-bond acceptors (Lipinski definition) is 4. The Labute approximate surface area is 157 Å². The molecular formula is C21H22N2O2S. The summed E-state index contributed by atoms with van der Waals surface area (Å²) in [6.07, 6.45) is 3.11. The van der Waals surface area contributed by atoms with Crippen molar-refractivity contribution in [2.24, 2.45) is 0 Å². The van der Waals surface area contributed by atoms with Gasteiger partial charge in [0.1, 0.15) is 0 Å². The first-order valence-corrected chi connectivity index (χ1v) is 9.71. The number of aromatic nitrogens is 1. The van der Waals surface area contributed by atoms with Crippen LogP contribution in [0.4, 0.5) is 5.69 Å². The van der Waals surface area contributed by atoms with E-state index in [1.807, 2.05) is 0 Å². The van der Waals surface area contributed by atoms with E-state index in [0.29, 0.717) is 0 Å². The number of non-ortho nitro benzene ring substituents is 1. The number of hydrogen-bond donors (Lipinski definition) is 0. The molecule has 0 aliphatic carbocycles. The molecule has 0 spiro atoms. The molecule has 0 fully saturated rings. The van der Waals surface area contributed by atoms with Crippen LogP contribution in [-0.4, -0.2) is 9.30 Å². The Hall–Kier alpha value is -2.53. The van der Waals surface area contributed by atoms with Gasteiger partial charge < -0.3 is 0 Å². The smallest absolute Gasteiger partial charge is 0.258 e. The molecule has 0 saturated heterocycles. The molecule has 0 bridgehead atoms. The lowest BCUT2D eigenvalue weighted by atomic mass is 9.92. The van der Waals surface area contributed by atoms with E-state index in [1.54, 1.807) is 12.1 Å². The van der Waals surface area contributed by atoms with Gasteiger partial charge in [0.2, 0.25) is 0 Å². The second-order valence-electron chi connectivity index (χ2n) is 6.21. The molecule has 1 aromatic heterocycles. The molecule has 26 heavy (non-hydrogen) atoms. The van der Waals surface area contributed by atoms with E-state index in [4.69, 9.17) is 0 Å². The first-order chi connectivity index (χ1) is 12.6. The van der Waals surface area contributed by atoms with Gasteiger partial charge in [-0.15, -0.1) is 0 Å². The van der Waals surface area contributed by atoms with Gasteiger partial charge in [0.05, 0.1) is 15.5 Å². The second kappa shape index (κ2) is 7.79. The third-order valence-electron chi connectivity index (χ3n) is 4.72. The summed E-state index contributed by atoms with van der Waals surface area (Å²) in [4.78, 5) is 11.5. The predicted octanol–water partition coefficient (Wildman–Crippen LogP) is 6.07. The van der Waals surface area contributed by atoms with Gasteiger partial charge in [-0.05, 0) is 71.2 Å². The van der Waals surface area contributed by atoms with Crippen LogP contribution in [0, 0.1) is 10.1 Å². The van der Waals surface area contributed by atoms with Crippen LogP contribution < -0.4 is 0 Å². The highest BCUT2D eigenvalue weighted by molar-refractivity contribution is 7.09. The first kappa shape index (κ1) is 18.3. The maximum atomic E-state index is 10.8. The van der Waals surface area contributed by atoms with E-state index in [2.05, 4.69) is 43.3 Å². The van der Waals surface area contributed by atoms with Gasteiger partial charge in [-0.3, -0.25) is 10.1 Å². The lowest BCUT2D eigenvalue weighted by Gasteiger charge is -2.13. The number of nitro groups is 1. The molecule has 3 rings (SSSR count). The van der Waals surface area contributed by atoms with E-state index in [1.165, 1.54) is 45.9 Å². The summed E-state index contributed by atoms with van der Waals surface area (Å²) >= 11 is 1.48. The Morgan fingerprint density at radius 1 is 0.923 bits per heavy atom. The molecule has 0 N–H and O–H groups in total. The van der Waals surface area contributed by atoms with E-state index in [9.17, 15) is 10.1 Å². The minimum Gasteiger partial charge on any atom is -0.258 e. The van der Waals surface area contributed by atoms with E-state index in [-0.39, 0.29) is 10.6 Å². The maximum absolute atomic E-state index is 10.8. The summed E-state index contributed by atoms with van der Waals surface area (Å²) in [7, 11) is 0. The Bertz CT molecular complexity index is 904. The summed E-state index contributed by atoms with van der Waals surface area (Å²) in [5, 5.41) is 10.8. The first-order valence-electron chi connectivity index (χ1n) is 8.93. The fraction of sp³-hybridized carbons (Fsp3) is 0.286. The number of rotatable bonds is 6. The molecule has 5 heteroatoms. The van der Waals surface area contributed by atoms with Gasteiger partial charge in [-0.1, -0.05) is 32.9 Å². The molecule has 0 aliphatic heterocycles. The zero-order chi connectivity index (χ0) is 18.7. The third kappa shape index (κ3) is 3.53. The Kier molecular flexibility index (Phi) is 5.47. The van der Waals surface area contributed by atoms with Crippen LogP contribution in [-0.2, 0) is 19.3 Å². The zero-order valence-electron chi connectivity index (χ0n) is 15.3. The van der Waals surface area contributed by atoms with E-state index < -0.39 is 0 Å². The van der Waals surface area contributed by atoms with Gasteiger partial charge >= 0.3 is 0 Å². The maximum Gasteiger partial charge on any atom is 0.269 e. The van der Waals surface area contributed by atoms with Crippen molar-refractivity contribution in [1.29, 1.82) is 0 Å². The van der Waals surface area contributed by atoms with Gasteiger partial charge in [-0.2, -0.15) is 4.37 Å². The van der Waals surface area contributed by atoms with Crippen LogP contribution in [0.3, 0.4) is 0 Å². The molecule has 1 heterocycles. The molecule has 4 nitrogen and oxygen atoms in total. The lowest BCUT2D eigenvalue weighted by Crippen LogP contribution is -1.98. The van der Waals surface area contributed by atoms with Gasteiger partial charge in [0, 0.05) is 17.7 Å². The minimum absolute atomic E-state index is 0.0968. The standard InChI is InChI=1S/C21H22N2O2S/c1-4-14-11-17(12-15(5-2)19(14)6-3)21-13-20(22-26-21)16-7-9-18(10-8-16)23(24)25/h7-13H,4-6H2,1-3H3. The van der Waals surface area contributed by atoms with Crippen molar-refractivity contribution in [3.63, 3.8) is 0 Å². The summed E-state index contributed by atoms with van der Waals surface area (Å²) in [6, 6.07) is 13.2. The van der Waals surface area contributed by atoms with Crippen LogP contribution in [0.1, 0.15) is 37.5 Å². The van der Waals surface area contributed by atoms with Crippen molar-refractivity contribution in [1.82, 2.24) is 4.37 Å². The fourth-order valence-electron chi connectivity index (χ4n) is 3.33. The van der Waals surface area contributed by atoms with Crippen LogP contribution >= 0.6 is 11.5 Å². The van der Waals surface area contributed by atoms with Gasteiger partial charge in [0.15, 0.2) is 0 Å². The molecule has 0 aliphatic rings. The molecule has 134 valence electrons. The SMILES string of the molecule is CCc1cc(-c2cc(-c3ccc([N+](=O)[O-])cc3)ns2)cc(CC)c1CC. The molecule has 0 radical (unpaired) electrons. The highest BCUT2D eigenvalue weighted by atomic mass is 32.1. The van der Waals surface area contributed by atoms with Crippen molar-refractivity contribution in [2.75, 3.05) is 0 Å². The fourth-order valence-corrected chi connectivity index (χ4v) is 4.07. The Morgan fingerprint density at radius 2 is 1.54 bits per heavy atom. The highest BCUT2D eigenvalue weighted by Gasteiger charge is 2.13. The van der Waals surface area contributed by atoms with E-state index in [0.717, 1.165) is 35.4 Å². The Balaban J connectivity index is 1.98. The molecule has 0 saturated carbocycles. The molecule has 0 atom stereocenters. The second-order valence-corrected chi connectivity index (χ2v) is 7.02. The highest BCUT2D eigenvalue weighted by Crippen LogP contribution is 2.33. The van der Waals surface area contributed by atoms with Crippen molar-refractivity contribution in [3.8, 4) is 21.7 Å². The summed E-state index contributed by atoms with van der Waals surface area (Å²) in [5.74, 6) is 0. The molecule has 0 amide bonds. The normalized spacial score (nSPS) is 10.9. The van der Waals surface area contributed by atoms with Gasteiger partial charge in [0.25, 0.3) is 5.69 Å². The third-order valence-corrected chi connectivity index (χ3v) is 5.56. The number of benzene rings is 2. The number of nitro benzene ring substituents is 1. The minimum atomic E-state index is -0.385. The lowest BCUT2D eigenvalue weighted by molar-refractivity contribution is -0.384. The number of aryl methyl sites for hydroxylation is 2. The average Bonchev–Trinajstić information content (AvgIpc) is 3.17. The van der Waals surface area contributed by atoms with Crippen LogP contribution in [0.5, 0.6) is 0 Å². The van der Waals surface area contributed by atoms with Crippen molar-refractivity contribution < 1.29 is 4.92 Å². The molecule has 2 aromatic carbocycles. The van der Waals surface area contributed by atoms with Crippen molar-refractivity contribution in [2.45, 2.75) is 40.0 Å².